The largest absolute Gasteiger partial charge is 0.464 e. The fourth-order valence-corrected chi connectivity index (χ4v) is 6.01. The SMILES string of the molecule is CC(=O)c1ccc(S(=O)(=O)N2CCCCC2C(=O)OCCCN2C(=O)c3ccccc3C2=O)cc1. The van der Waals surface area contributed by atoms with Crippen molar-refractivity contribution in [2.75, 3.05) is 19.7 Å². The van der Waals surface area contributed by atoms with Gasteiger partial charge < -0.3 is 4.74 Å². The third-order valence-electron chi connectivity index (χ3n) is 6.24. The number of Topliss-reactive ketones (excluding diaryl/α,β-unsaturated/α-hetero) is 1. The van der Waals surface area contributed by atoms with Gasteiger partial charge in [-0.1, -0.05) is 24.3 Å². The number of sulfonamides is 1. The van der Waals surface area contributed by atoms with Gasteiger partial charge in [0.25, 0.3) is 11.8 Å². The number of ether oxygens (including phenoxy) is 1. The summed E-state index contributed by atoms with van der Waals surface area (Å²) in [7, 11) is -3.96. The number of fused-ring (bicyclic) bond motifs is 1. The van der Waals surface area contributed by atoms with Crippen molar-refractivity contribution in [3.8, 4) is 0 Å². The van der Waals surface area contributed by atoms with Gasteiger partial charge in [0, 0.05) is 18.7 Å². The number of carbonyl (C=O) groups excluding carboxylic acids is 4. The van der Waals surface area contributed by atoms with Crippen molar-refractivity contribution in [1.29, 1.82) is 0 Å². The number of hydrogen-bond acceptors (Lipinski definition) is 7. The maximum absolute atomic E-state index is 13.2. The number of rotatable bonds is 8. The number of imide groups is 1. The van der Waals surface area contributed by atoms with Crippen LogP contribution in [0.4, 0.5) is 0 Å². The van der Waals surface area contributed by atoms with Gasteiger partial charge in [-0.05, 0) is 56.9 Å². The van der Waals surface area contributed by atoms with Crippen LogP contribution in [-0.2, 0) is 19.6 Å². The minimum Gasteiger partial charge on any atom is -0.464 e. The number of ketones is 1. The lowest BCUT2D eigenvalue weighted by atomic mass is 10.1. The van der Waals surface area contributed by atoms with Crippen molar-refractivity contribution in [2.24, 2.45) is 0 Å². The van der Waals surface area contributed by atoms with Crippen LogP contribution in [0, 0.1) is 0 Å². The second kappa shape index (κ2) is 10.1. The Labute approximate surface area is 203 Å². The minimum atomic E-state index is -3.96. The summed E-state index contributed by atoms with van der Waals surface area (Å²) in [6, 6.07) is 11.3. The van der Waals surface area contributed by atoms with Gasteiger partial charge in [0.15, 0.2) is 5.78 Å². The van der Waals surface area contributed by atoms with E-state index in [1.54, 1.807) is 24.3 Å². The number of benzene rings is 2. The number of nitrogens with zero attached hydrogens (tertiary/aromatic N) is 2. The molecular weight excluding hydrogens is 472 g/mol. The summed E-state index contributed by atoms with van der Waals surface area (Å²) in [6.45, 7) is 1.62. The Morgan fingerprint density at radius 1 is 0.971 bits per heavy atom. The Morgan fingerprint density at radius 3 is 2.20 bits per heavy atom. The molecule has 9 nitrogen and oxygen atoms in total. The van der Waals surface area contributed by atoms with Crippen molar-refractivity contribution >= 4 is 33.6 Å². The van der Waals surface area contributed by atoms with Crippen molar-refractivity contribution < 1.29 is 32.3 Å². The first-order chi connectivity index (χ1) is 16.7. The van der Waals surface area contributed by atoms with Crippen LogP contribution in [0.2, 0.25) is 0 Å². The Bertz CT molecular complexity index is 1240. The van der Waals surface area contributed by atoms with E-state index < -0.39 is 22.0 Å². The zero-order chi connectivity index (χ0) is 25.2. The fraction of sp³-hybridized carbons (Fsp3) is 0.360. The topological polar surface area (TPSA) is 118 Å². The second-order valence-corrected chi connectivity index (χ2v) is 10.4. The van der Waals surface area contributed by atoms with E-state index in [0.29, 0.717) is 36.0 Å². The minimum absolute atomic E-state index is 0.00724. The van der Waals surface area contributed by atoms with Gasteiger partial charge in [-0.25, -0.2) is 8.42 Å². The predicted octanol–water partition coefficient (Wildman–Crippen LogP) is 2.66. The molecule has 0 saturated carbocycles. The van der Waals surface area contributed by atoms with E-state index in [0.717, 1.165) is 9.21 Å². The lowest BCUT2D eigenvalue weighted by Gasteiger charge is -2.33. The molecule has 0 aromatic heterocycles. The van der Waals surface area contributed by atoms with Crippen molar-refractivity contribution in [2.45, 2.75) is 43.5 Å². The van der Waals surface area contributed by atoms with Crippen LogP contribution in [0.5, 0.6) is 0 Å². The normalized spacial score (nSPS) is 18.4. The summed E-state index contributed by atoms with van der Waals surface area (Å²) in [5.41, 5.74) is 1.11. The smallest absolute Gasteiger partial charge is 0.324 e. The van der Waals surface area contributed by atoms with Crippen molar-refractivity contribution in [1.82, 2.24) is 9.21 Å². The Morgan fingerprint density at radius 2 is 1.60 bits per heavy atom. The molecule has 2 aliphatic rings. The molecule has 1 fully saturated rings. The molecule has 0 spiro atoms. The van der Waals surface area contributed by atoms with Gasteiger partial charge >= 0.3 is 5.97 Å². The van der Waals surface area contributed by atoms with E-state index in [1.807, 2.05) is 0 Å². The molecule has 1 saturated heterocycles. The Hall–Kier alpha value is -3.37. The molecule has 2 aromatic rings. The molecule has 0 bridgehead atoms. The zero-order valence-electron chi connectivity index (χ0n) is 19.3. The van der Waals surface area contributed by atoms with Gasteiger partial charge in [-0.3, -0.25) is 24.1 Å². The van der Waals surface area contributed by atoms with E-state index in [1.165, 1.54) is 31.2 Å². The highest BCUT2D eigenvalue weighted by molar-refractivity contribution is 7.89. The van der Waals surface area contributed by atoms with Gasteiger partial charge in [-0.15, -0.1) is 0 Å². The molecule has 1 unspecified atom stereocenters. The predicted molar refractivity (Wildman–Crippen MR) is 125 cm³/mol. The molecule has 1 atom stereocenters. The maximum atomic E-state index is 13.2. The van der Waals surface area contributed by atoms with Gasteiger partial charge in [0.2, 0.25) is 10.0 Å². The summed E-state index contributed by atoms with van der Waals surface area (Å²) >= 11 is 0. The molecule has 2 heterocycles. The first kappa shape index (κ1) is 24.7. The number of hydrogen-bond donors (Lipinski definition) is 0. The second-order valence-electron chi connectivity index (χ2n) is 8.54. The summed E-state index contributed by atoms with van der Waals surface area (Å²) in [5.74, 6) is -1.58. The number of esters is 1. The molecule has 4 rings (SSSR count). The molecule has 35 heavy (non-hydrogen) atoms. The fourth-order valence-electron chi connectivity index (χ4n) is 4.36. The van der Waals surface area contributed by atoms with E-state index in [9.17, 15) is 27.6 Å². The lowest BCUT2D eigenvalue weighted by molar-refractivity contribution is -0.149. The van der Waals surface area contributed by atoms with Crippen LogP contribution >= 0.6 is 0 Å². The lowest BCUT2D eigenvalue weighted by Crippen LogP contribution is -2.48. The quantitative estimate of drug-likeness (QED) is 0.238. The van der Waals surface area contributed by atoms with Gasteiger partial charge in [0.05, 0.1) is 22.6 Å². The third kappa shape index (κ3) is 4.89. The van der Waals surface area contributed by atoms with E-state index >= 15 is 0 Å². The first-order valence-electron chi connectivity index (χ1n) is 11.5. The summed E-state index contributed by atoms with van der Waals surface area (Å²) in [5, 5.41) is 0. The molecule has 2 aliphatic heterocycles. The van der Waals surface area contributed by atoms with Crippen molar-refractivity contribution in [3.63, 3.8) is 0 Å². The standard InChI is InChI=1S/C25H26N2O7S/c1-17(28)18-10-12-19(13-11-18)35(32,33)27-15-5-4-9-22(27)25(31)34-16-6-14-26-23(29)20-7-2-3-8-21(20)24(26)30/h2-3,7-8,10-13,22H,4-6,9,14-16H2,1H3. The average molecular weight is 499 g/mol. The Balaban J connectivity index is 1.36. The molecular formula is C25H26N2O7S. The maximum Gasteiger partial charge on any atom is 0.324 e. The summed E-state index contributed by atoms with van der Waals surface area (Å²) in [4.78, 5) is 50.3. The van der Waals surface area contributed by atoms with Crippen LogP contribution in [0.1, 0.15) is 63.7 Å². The molecule has 0 aliphatic carbocycles. The van der Waals surface area contributed by atoms with Crippen LogP contribution in [0.25, 0.3) is 0 Å². The highest BCUT2D eigenvalue weighted by atomic mass is 32.2. The number of amides is 2. The third-order valence-corrected chi connectivity index (χ3v) is 8.16. The summed E-state index contributed by atoms with van der Waals surface area (Å²) in [6.07, 6.45) is 1.88. The van der Waals surface area contributed by atoms with Crippen LogP contribution in [-0.4, -0.2) is 66.9 Å². The van der Waals surface area contributed by atoms with Crippen LogP contribution < -0.4 is 0 Å². The number of piperidine rings is 1. The monoisotopic (exact) mass is 498 g/mol. The molecule has 184 valence electrons. The number of carbonyl (C=O) groups is 4. The van der Waals surface area contributed by atoms with Crippen LogP contribution in [0.15, 0.2) is 53.4 Å². The van der Waals surface area contributed by atoms with E-state index in [-0.39, 0.29) is 48.6 Å². The molecule has 10 heteroatoms. The zero-order valence-corrected chi connectivity index (χ0v) is 20.1. The highest BCUT2D eigenvalue weighted by Gasteiger charge is 2.39. The highest BCUT2D eigenvalue weighted by Crippen LogP contribution is 2.27. The molecule has 2 aromatic carbocycles. The van der Waals surface area contributed by atoms with Crippen molar-refractivity contribution in [3.05, 3.63) is 65.2 Å². The van der Waals surface area contributed by atoms with E-state index in [2.05, 4.69) is 0 Å². The van der Waals surface area contributed by atoms with Gasteiger partial charge in [0.1, 0.15) is 6.04 Å². The molecule has 0 N–H and O–H groups in total. The molecule has 0 radical (unpaired) electrons. The van der Waals surface area contributed by atoms with Gasteiger partial charge in [-0.2, -0.15) is 4.31 Å². The van der Waals surface area contributed by atoms with Crippen LogP contribution in [0.3, 0.4) is 0 Å². The summed E-state index contributed by atoms with van der Waals surface area (Å²) < 4.78 is 33.0. The average Bonchev–Trinajstić information content (AvgIpc) is 3.11. The van der Waals surface area contributed by atoms with E-state index in [4.69, 9.17) is 4.74 Å². The first-order valence-corrected chi connectivity index (χ1v) is 12.9. The Kier molecular flexibility index (Phi) is 7.13. The molecule has 2 amide bonds.